The number of aromatic nitrogens is 3. The van der Waals surface area contributed by atoms with Crippen molar-refractivity contribution in [3.63, 3.8) is 0 Å². The normalized spacial score (nSPS) is 10.2. The number of nitrogen functional groups attached to an aromatic ring is 1. The van der Waals surface area contributed by atoms with Crippen molar-refractivity contribution in [1.29, 1.82) is 0 Å². The first kappa shape index (κ1) is 9.45. The first-order chi connectivity index (χ1) is 7.24. The van der Waals surface area contributed by atoms with E-state index in [-0.39, 0.29) is 5.95 Å². The Morgan fingerprint density at radius 2 is 2.33 bits per heavy atom. The zero-order valence-electron chi connectivity index (χ0n) is 8.27. The molecule has 2 heterocycles. The molecule has 0 aliphatic carbocycles. The Kier molecular flexibility index (Phi) is 2.49. The van der Waals surface area contributed by atoms with Crippen molar-refractivity contribution in [2.75, 3.05) is 11.1 Å². The van der Waals surface area contributed by atoms with Crippen molar-refractivity contribution < 1.29 is 4.52 Å². The van der Waals surface area contributed by atoms with Gasteiger partial charge in [0, 0.05) is 17.8 Å². The van der Waals surface area contributed by atoms with Crippen LogP contribution in [0.4, 0.5) is 11.8 Å². The summed E-state index contributed by atoms with van der Waals surface area (Å²) in [5, 5.41) is 6.84. The first-order valence-electron chi connectivity index (χ1n) is 4.48. The van der Waals surface area contributed by atoms with E-state index in [4.69, 9.17) is 10.3 Å². The lowest BCUT2D eigenvalue weighted by Crippen LogP contribution is -2.05. The van der Waals surface area contributed by atoms with Crippen LogP contribution in [0, 0.1) is 6.92 Å². The number of nitrogens with two attached hydrogens (primary N) is 1. The van der Waals surface area contributed by atoms with Gasteiger partial charge in [-0.25, -0.2) is 4.98 Å². The number of nitrogens with zero attached hydrogens (tertiary/aromatic N) is 3. The molecule has 0 aliphatic heterocycles. The van der Waals surface area contributed by atoms with Crippen molar-refractivity contribution in [3.05, 3.63) is 29.8 Å². The summed E-state index contributed by atoms with van der Waals surface area (Å²) in [6.45, 7) is 2.41. The van der Waals surface area contributed by atoms with E-state index in [1.807, 2.05) is 13.0 Å². The minimum absolute atomic E-state index is 0.262. The Balaban J connectivity index is 2.05. The lowest BCUT2D eigenvalue weighted by atomic mass is 10.4. The van der Waals surface area contributed by atoms with E-state index in [0.717, 1.165) is 11.4 Å². The molecule has 0 saturated heterocycles. The molecule has 0 aliphatic rings. The maximum absolute atomic E-state index is 5.51. The predicted molar refractivity (Wildman–Crippen MR) is 55.0 cm³/mol. The third-order valence-corrected chi connectivity index (χ3v) is 1.81. The molecular formula is C9H11N5O. The zero-order valence-corrected chi connectivity index (χ0v) is 8.27. The van der Waals surface area contributed by atoms with Gasteiger partial charge in [0.25, 0.3) is 0 Å². The molecule has 2 aromatic rings. The van der Waals surface area contributed by atoms with Crippen LogP contribution < -0.4 is 11.1 Å². The van der Waals surface area contributed by atoms with Gasteiger partial charge in [0.1, 0.15) is 17.8 Å². The summed E-state index contributed by atoms with van der Waals surface area (Å²) >= 11 is 0. The van der Waals surface area contributed by atoms with Crippen molar-refractivity contribution in [2.45, 2.75) is 13.5 Å². The number of nitrogens with one attached hydrogen (secondary N) is 1. The van der Waals surface area contributed by atoms with Crippen LogP contribution in [-0.4, -0.2) is 15.1 Å². The van der Waals surface area contributed by atoms with Gasteiger partial charge in [-0.2, -0.15) is 4.98 Å². The number of hydrogen-bond donors (Lipinski definition) is 2. The molecule has 2 rings (SSSR count). The summed E-state index contributed by atoms with van der Waals surface area (Å²) in [7, 11) is 0. The van der Waals surface area contributed by atoms with Crippen LogP contribution in [0.1, 0.15) is 11.4 Å². The Bertz CT molecular complexity index is 420. The SMILES string of the molecule is Cc1cc(NCc2ccon2)nc(N)n1. The van der Waals surface area contributed by atoms with Crippen LogP contribution in [0.3, 0.4) is 0 Å². The molecule has 78 valence electrons. The van der Waals surface area contributed by atoms with E-state index in [1.54, 1.807) is 6.07 Å². The Labute approximate surface area is 86.5 Å². The molecule has 3 N–H and O–H groups in total. The second-order valence-corrected chi connectivity index (χ2v) is 3.10. The summed E-state index contributed by atoms with van der Waals surface area (Å²) in [4.78, 5) is 8.00. The smallest absolute Gasteiger partial charge is 0.222 e. The number of anilines is 2. The van der Waals surface area contributed by atoms with Gasteiger partial charge in [-0.1, -0.05) is 5.16 Å². The molecular weight excluding hydrogens is 194 g/mol. The fourth-order valence-electron chi connectivity index (χ4n) is 1.19. The Morgan fingerprint density at radius 3 is 3.00 bits per heavy atom. The molecule has 2 aromatic heterocycles. The predicted octanol–water partition coefficient (Wildman–Crippen LogP) is 0.967. The largest absolute Gasteiger partial charge is 0.368 e. The van der Waals surface area contributed by atoms with Crippen LogP contribution >= 0.6 is 0 Å². The minimum Gasteiger partial charge on any atom is -0.368 e. The lowest BCUT2D eigenvalue weighted by Gasteiger charge is -2.04. The summed E-state index contributed by atoms with van der Waals surface area (Å²) in [6.07, 6.45) is 1.52. The van der Waals surface area contributed by atoms with Crippen LogP contribution in [-0.2, 0) is 6.54 Å². The highest BCUT2D eigenvalue weighted by molar-refractivity contribution is 5.40. The van der Waals surface area contributed by atoms with Gasteiger partial charge in [0.2, 0.25) is 5.95 Å². The molecule has 0 saturated carbocycles. The molecule has 6 nitrogen and oxygen atoms in total. The Morgan fingerprint density at radius 1 is 1.47 bits per heavy atom. The molecule has 6 heteroatoms. The van der Waals surface area contributed by atoms with Crippen LogP contribution in [0.25, 0.3) is 0 Å². The third-order valence-electron chi connectivity index (χ3n) is 1.81. The molecule has 0 aromatic carbocycles. The number of rotatable bonds is 3. The third kappa shape index (κ3) is 2.43. The maximum Gasteiger partial charge on any atom is 0.222 e. The topological polar surface area (TPSA) is 89.9 Å². The second kappa shape index (κ2) is 3.95. The molecule has 0 atom stereocenters. The van der Waals surface area contributed by atoms with E-state index in [0.29, 0.717) is 12.4 Å². The summed E-state index contributed by atoms with van der Waals surface area (Å²) in [6, 6.07) is 3.60. The molecule has 0 bridgehead atoms. The summed E-state index contributed by atoms with van der Waals surface area (Å²) in [5.74, 6) is 0.945. The standard InChI is InChI=1S/C9H11N5O/c1-6-4-8(13-9(10)12-6)11-5-7-2-3-15-14-7/h2-4H,5H2,1H3,(H3,10,11,12,13). The molecule has 0 radical (unpaired) electrons. The van der Waals surface area contributed by atoms with E-state index in [1.165, 1.54) is 6.26 Å². The second-order valence-electron chi connectivity index (χ2n) is 3.10. The zero-order chi connectivity index (χ0) is 10.7. The number of hydrogen-bond acceptors (Lipinski definition) is 6. The first-order valence-corrected chi connectivity index (χ1v) is 4.48. The van der Waals surface area contributed by atoms with Crippen LogP contribution in [0.15, 0.2) is 22.9 Å². The fraction of sp³-hybridized carbons (Fsp3) is 0.222. The maximum atomic E-state index is 5.51. The lowest BCUT2D eigenvalue weighted by molar-refractivity contribution is 0.412. The molecule has 15 heavy (non-hydrogen) atoms. The van der Waals surface area contributed by atoms with Crippen LogP contribution in [0.5, 0.6) is 0 Å². The van der Waals surface area contributed by atoms with Crippen LogP contribution in [0.2, 0.25) is 0 Å². The minimum atomic E-state index is 0.262. The van der Waals surface area contributed by atoms with Gasteiger partial charge < -0.3 is 15.6 Å². The van der Waals surface area contributed by atoms with E-state index in [2.05, 4.69) is 20.4 Å². The van der Waals surface area contributed by atoms with E-state index >= 15 is 0 Å². The van der Waals surface area contributed by atoms with Gasteiger partial charge >= 0.3 is 0 Å². The van der Waals surface area contributed by atoms with Gasteiger partial charge in [-0.3, -0.25) is 0 Å². The summed E-state index contributed by atoms with van der Waals surface area (Å²) in [5.41, 5.74) is 7.15. The van der Waals surface area contributed by atoms with Gasteiger partial charge in [-0.15, -0.1) is 0 Å². The molecule has 0 spiro atoms. The van der Waals surface area contributed by atoms with Crippen molar-refractivity contribution in [2.24, 2.45) is 0 Å². The average Bonchev–Trinajstić information content (AvgIpc) is 2.65. The monoisotopic (exact) mass is 205 g/mol. The highest BCUT2D eigenvalue weighted by Gasteiger charge is 2.00. The quantitative estimate of drug-likeness (QED) is 0.775. The van der Waals surface area contributed by atoms with Gasteiger partial charge in [-0.05, 0) is 6.92 Å². The Hall–Kier alpha value is -2.11. The van der Waals surface area contributed by atoms with E-state index < -0.39 is 0 Å². The fourth-order valence-corrected chi connectivity index (χ4v) is 1.19. The summed E-state index contributed by atoms with van der Waals surface area (Å²) < 4.78 is 4.70. The van der Waals surface area contributed by atoms with Crippen molar-refractivity contribution >= 4 is 11.8 Å². The molecule has 0 unspecified atom stereocenters. The van der Waals surface area contributed by atoms with Crippen molar-refractivity contribution in [1.82, 2.24) is 15.1 Å². The van der Waals surface area contributed by atoms with E-state index in [9.17, 15) is 0 Å². The highest BCUT2D eigenvalue weighted by Crippen LogP contribution is 2.08. The van der Waals surface area contributed by atoms with Gasteiger partial charge in [0.15, 0.2) is 0 Å². The van der Waals surface area contributed by atoms with Gasteiger partial charge in [0.05, 0.1) is 6.54 Å². The van der Waals surface area contributed by atoms with Crippen molar-refractivity contribution in [3.8, 4) is 0 Å². The molecule has 0 amide bonds. The average molecular weight is 205 g/mol. The highest BCUT2D eigenvalue weighted by atomic mass is 16.5. The molecule has 0 fully saturated rings. The number of aryl methyl sites for hydroxylation is 1.